The molecule has 2 saturated heterocycles. The van der Waals surface area contributed by atoms with Crippen LogP contribution in [0.1, 0.15) is 20.8 Å². The molecule has 0 aromatic rings. The molecule has 2 heterocycles. The Bertz CT molecular complexity index is 479. The highest BCUT2D eigenvalue weighted by Gasteiger charge is 2.49. The van der Waals surface area contributed by atoms with Gasteiger partial charge in [0.1, 0.15) is 36.6 Å². The van der Waals surface area contributed by atoms with Crippen molar-refractivity contribution in [2.75, 3.05) is 13.7 Å². The molecule has 0 radical (unpaired) electrons. The van der Waals surface area contributed by atoms with Gasteiger partial charge in [0.05, 0.1) is 24.9 Å². The number of methoxy groups -OCH3 is 1. The van der Waals surface area contributed by atoms with Gasteiger partial charge in [0.25, 0.3) is 0 Å². The van der Waals surface area contributed by atoms with Crippen LogP contribution in [0.5, 0.6) is 0 Å². The minimum absolute atomic E-state index is 0.355. The molecule has 5 N–H and O–H groups in total. The number of amides is 1. The molecule has 0 aliphatic carbocycles. The molecule has 4 unspecified atom stereocenters. The lowest BCUT2D eigenvalue weighted by Crippen LogP contribution is -2.66. The van der Waals surface area contributed by atoms with Crippen molar-refractivity contribution in [3.63, 3.8) is 0 Å². The van der Waals surface area contributed by atoms with E-state index in [1.54, 1.807) is 13.8 Å². The van der Waals surface area contributed by atoms with E-state index in [0.717, 1.165) is 0 Å². The second-order valence-electron chi connectivity index (χ2n) is 6.77. The molecule has 0 aromatic heterocycles. The Morgan fingerprint density at radius 1 is 1.04 bits per heavy atom. The maximum Gasteiger partial charge on any atom is 0.217 e. The molecular weight excluding hydrogens is 350 g/mol. The summed E-state index contributed by atoms with van der Waals surface area (Å²) in [5.74, 6) is -0.355. The van der Waals surface area contributed by atoms with Gasteiger partial charge in [-0.3, -0.25) is 4.79 Å². The number of hydrogen-bond acceptors (Lipinski definition) is 9. The monoisotopic (exact) mass is 379 g/mol. The van der Waals surface area contributed by atoms with Gasteiger partial charge in [0, 0.05) is 14.0 Å². The van der Waals surface area contributed by atoms with E-state index >= 15 is 0 Å². The highest BCUT2D eigenvalue weighted by molar-refractivity contribution is 5.73. The summed E-state index contributed by atoms with van der Waals surface area (Å²) in [5.41, 5.74) is 0. The Hall–Kier alpha value is -0.850. The van der Waals surface area contributed by atoms with Gasteiger partial charge in [-0.15, -0.1) is 0 Å². The fraction of sp³-hybridized carbons (Fsp3) is 0.938. The van der Waals surface area contributed by atoms with Crippen molar-refractivity contribution in [3.8, 4) is 0 Å². The smallest absolute Gasteiger partial charge is 0.217 e. The minimum atomic E-state index is -1.42. The Morgan fingerprint density at radius 3 is 2.23 bits per heavy atom. The third kappa shape index (κ3) is 4.34. The molecular formula is C16H29NO9. The van der Waals surface area contributed by atoms with E-state index in [-0.39, 0.29) is 5.91 Å². The van der Waals surface area contributed by atoms with E-state index in [1.807, 2.05) is 0 Å². The van der Waals surface area contributed by atoms with Gasteiger partial charge < -0.3 is 44.7 Å². The van der Waals surface area contributed by atoms with Crippen molar-refractivity contribution < 1.29 is 44.2 Å². The number of aliphatic hydroxyl groups is 4. The molecule has 2 fully saturated rings. The highest BCUT2D eigenvalue weighted by atomic mass is 16.7. The molecule has 0 aromatic carbocycles. The van der Waals surface area contributed by atoms with Gasteiger partial charge in [-0.2, -0.15) is 0 Å². The maximum atomic E-state index is 11.5. The molecule has 10 atom stereocenters. The molecule has 152 valence electrons. The first-order valence-corrected chi connectivity index (χ1v) is 8.62. The average molecular weight is 379 g/mol. The molecule has 2 rings (SSSR count). The van der Waals surface area contributed by atoms with Crippen LogP contribution in [0.15, 0.2) is 0 Å². The zero-order valence-electron chi connectivity index (χ0n) is 15.3. The highest BCUT2D eigenvalue weighted by Crippen LogP contribution is 2.29. The number of carbonyl (C=O) groups excluding carboxylic acids is 1. The second kappa shape index (κ2) is 8.89. The van der Waals surface area contributed by atoms with E-state index in [0.29, 0.717) is 0 Å². The van der Waals surface area contributed by atoms with Crippen molar-refractivity contribution >= 4 is 5.91 Å². The maximum absolute atomic E-state index is 11.5. The molecule has 0 spiro atoms. The van der Waals surface area contributed by atoms with E-state index in [2.05, 4.69) is 5.32 Å². The standard InChI is InChI=1S/C16H29NO9/c1-6-10(17-8(3)19)15(11(20)9(5-18)24-6)26-16-13(22)12(21)14(23-4)7(2)25-16/h6-7,9-16,18,20-22H,5H2,1-4H3,(H,17,19)/t6-,7?,9?,10?,11+,12+,13?,14+,15+,16-/m0/s1. The van der Waals surface area contributed by atoms with Crippen LogP contribution in [0.25, 0.3) is 0 Å². The third-order valence-corrected chi connectivity index (χ3v) is 4.86. The first-order chi connectivity index (χ1) is 12.2. The number of rotatable bonds is 5. The molecule has 2 aliphatic heterocycles. The Kier molecular flexibility index (Phi) is 7.34. The van der Waals surface area contributed by atoms with Crippen molar-refractivity contribution in [1.82, 2.24) is 5.32 Å². The third-order valence-electron chi connectivity index (χ3n) is 4.86. The van der Waals surface area contributed by atoms with E-state index in [9.17, 15) is 25.2 Å². The molecule has 2 aliphatic rings. The summed E-state index contributed by atoms with van der Waals surface area (Å²) < 4.78 is 22.0. The predicted molar refractivity (Wildman–Crippen MR) is 87.1 cm³/mol. The van der Waals surface area contributed by atoms with Crippen LogP contribution >= 0.6 is 0 Å². The molecule has 0 bridgehead atoms. The van der Waals surface area contributed by atoms with Gasteiger partial charge in [-0.1, -0.05) is 0 Å². The largest absolute Gasteiger partial charge is 0.394 e. The van der Waals surface area contributed by atoms with Crippen LogP contribution in [0.3, 0.4) is 0 Å². The number of ether oxygens (including phenoxy) is 4. The van der Waals surface area contributed by atoms with Gasteiger partial charge in [0.15, 0.2) is 6.29 Å². The van der Waals surface area contributed by atoms with Crippen LogP contribution in [0, 0.1) is 0 Å². The number of carbonyl (C=O) groups is 1. The number of hydrogen-bond donors (Lipinski definition) is 5. The lowest BCUT2D eigenvalue weighted by molar-refractivity contribution is -0.328. The summed E-state index contributed by atoms with van der Waals surface area (Å²) in [6.07, 6.45) is -9.05. The summed E-state index contributed by atoms with van der Waals surface area (Å²) in [6, 6.07) is -0.742. The van der Waals surface area contributed by atoms with Crippen LogP contribution in [-0.4, -0.2) is 101 Å². The normalized spacial score (nSPS) is 46.8. The summed E-state index contributed by atoms with van der Waals surface area (Å²) >= 11 is 0. The van der Waals surface area contributed by atoms with Crippen molar-refractivity contribution in [2.45, 2.75) is 81.9 Å². The Morgan fingerprint density at radius 2 is 1.69 bits per heavy atom. The summed E-state index contributed by atoms with van der Waals surface area (Å²) in [7, 11) is 1.39. The Balaban J connectivity index is 2.20. The van der Waals surface area contributed by atoms with Gasteiger partial charge in [0.2, 0.25) is 5.91 Å². The van der Waals surface area contributed by atoms with Crippen molar-refractivity contribution in [2.24, 2.45) is 0 Å². The average Bonchev–Trinajstić information content (AvgIpc) is 2.58. The van der Waals surface area contributed by atoms with Crippen molar-refractivity contribution in [3.05, 3.63) is 0 Å². The fourth-order valence-corrected chi connectivity index (χ4v) is 3.48. The number of nitrogens with one attached hydrogen (secondary N) is 1. The van der Waals surface area contributed by atoms with Crippen LogP contribution in [-0.2, 0) is 23.7 Å². The summed E-state index contributed by atoms with van der Waals surface area (Å²) in [6.45, 7) is 4.19. The van der Waals surface area contributed by atoms with Gasteiger partial charge in [-0.25, -0.2) is 0 Å². The lowest BCUT2D eigenvalue weighted by atomic mass is 9.92. The van der Waals surface area contributed by atoms with Crippen LogP contribution in [0.4, 0.5) is 0 Å². The lowest BCUT2D eigenvalue weighted by Gasteiger charge is -2.47. The van der Waals surface area contributed by atoms with E-state index in [1.165, 1.54) is 14.0 Å². The predicted octanol–water partition coefficient (Wildman–Crippen LogP) is -2.50. The van der Waals surface area contributed by atoms with Crippen molar-refractivity contribution in [1.29, 1.82) is 0 Å². The summed E-state index contributed by atoms with van der Waals surface area (Å²) in [4.78, 5) is 11.5. The Labute approximate surface area is 152 Å². The minimum Gasteiger partial charge on any atom is -0.394 e. The molecule has 26 heavy (non-hydrogen) atoms. The zero-order chi connectivity index (χ0) is 19.6. The quantitative estimate of drug-likeness (QED) is 0.350. The molecule has 1 amide bonds. The van der Waals surface area contributed by atoms with E-state index in [4.69, 9.17) is 18.9 Å². The fourth-order valence-electron chi connectivity index (χ4n) is 3.48. The van der Waals surface area contributed by atoms with Crippen LogP contribution < -0.4 is 5.32 Å². The first kappa shape index (κ1) is 21.5. The SMILES string of the molecule is CO[C@@H]1C(C)O[C@@H](O[C@@H]2C(NC(C)=O)[C@H](C)OC(CO)[C@H]2O)C(O)[C@H]1O. The summed E-state index contributed by atoms with van der Waals surface area (Å²) in [5, 5.41) is 43.1. The molecule has 10 nitrogen and oxygen atoms in total. The topological polar surface area (TPSA) is 147 Å². The first-order valence-electron chi connectivity index (χ1n) is 8.62. The second-order valence-corrected chi connectivity index (χ2v) is 6.77. The van der Waals surface area contributed by atoms with E-state index < -0.39 is 67.8 Å². The zero-order valence-corrected chi connectivity index (χ0v) is 15.3. The number of aliphatic hydroxyl groups excluding tert-OH is 4. The van der Waals surface area contributed by atoms with Gasteiger partial charge in [-0.05, 0) is 13.8 Å². The molecule has 0 saturated carbocycles. The molecule has 10 heteroatoms. The van der Waals surface area contributed by atoms with Gasteiger partial charge >= 0.3 is 0 Å². The van der Waals surface area contributed by atoms with Crippen LogP contribution in [0.2, 0.25) is 0 Å².